The standard InChI is InChI=1S/C15H18N4O/c1-10-9-13(3-4-14(10)19-16)15(20)18-11(2)12-5-7-17-8-6-12/h3-9,11,19H,16H2,1-2H3,(H,18,20). The average Bonchev–Trinajstić information content (AvgIpc) is 2.48. The van der Waals surface area contributed by atoms with E-state index in [1.165, 1.54) is 0 Å². The van der Waals surface area contributed by atoms with Gasteiger partial charge in [0, 0.05) is 18.0 Å². The molecule has 0 radical (unpaired) electrons. The number of hydrazine groups is 1. The Hall–Kier alpha value is -2.40. The Kier molecular flexibility index (Phi) is 4.32. The first-order valence-corrected chi connectivity index (χ1v) is 6.40. The van der Waals surface area contributed by atoms with Crippen LogP contribution in [0.3, 0.4) is 0 Å². The summed E-state index contributed by atoms with van der Waals surface area (Å²) in [6.45, 7) is 3.84. The minimum atomic E-state index is -0.110. The first-order chi connectivity index (χ1) is 9.61. The van der Waals surface area contributed by atoms with E-state index in [-0.39, 0.29) is 11.9 Å². The maximum Gasteiger partial charge on any atom is 0.251 e. The predicted octanol–water partition coefficient (Wildman–Crippen LogP) is 2.17. The van der Waals surface area contributed by atoms with Crippen LogP contribution in [0.1, 0.15) is 34.5 Å². The van der Waals surface area contributed by atoms with Gasteiger partial charge in [0.15, 0.2) is 0 Å². The molecule has 4 N–H and O–H groups in total. The number of benzene rings is 1. The van der Waals surface area contributed by atoms with Crippen molar-refractivity contribution < 1.29 is 4.79 Å². The highest BCUT2D eigenvalue weighted by molar-refractivity contribution is 5.95. The molecular weight excluding hydrogens is 252 g/mol. The summed E-state index contributed by atoms with van der Waals surface area (Å²) in [6.07, 6.45) is 3.42. The van der Waals surface area contributed by atoms with Gasteiger partial charge in [-0.05, 0) is 55.3 Å². The third-order valence-electron chi connectivity index (χ3n) is 3.20. The van der Waals surface area contributed by atoms with Crippen LogP contribution in [0.2, 0.25) is 0 Å². The van der Waals surface area contributed by atoms with E-state index in [4.69, 9.17) is 5.84 Å². The molecule has 0 aliphatic rings. The van der Waals surface area contributed by atoms with Crippen molar-refractivity contribution in [1.29, 1.82) is 0 Å². The molecule has 0 fully saturated rings. The van der Waals surface area contributed by atoms with Gasteiger partial charge in [0.1, 0.15) is 0 Å². The highest BCUT2D eigenvalue weighted by Crippen LogP contribution is 2.16. The summed E-state index contributed by atoms with van der Waals surface area (Å²) in [7, 11) is 0. The van der Waals surface area contributed by atoms with E-state index in [1.54, 1.807) is 24.5 Å². The summed E-state index contributed by atoms with van der Waals surface area (Å²) in [5.74, 6) is 5.27. The molecule has 1 aromatic heterocycles. The van der Waals surface area contributed by atoms with Crippen molar-refractivity contribution in [2.75, 3.05) is 5.43 Å². The molecule has 0 saturated heterocycles. The number of nitrogens with zero attached hydrogens (tertiary/aromatic N) is 1. The van der Waals surface area contributed by atoms with E-state index in [0.717, 1.165) is 16.8 Å². The number of aromatic nitrogens is 1. The number of anilines is 1. The van der Waals surface area contributed by atoms with E-state index in [1.807, 2.05) is 32.0 Å². The van der Waals surface area contributed by atoms with Crippen LogP contribution in [-0.4, -0.2) is 10.9 Å². The summed E-state index contributed by atoms with van der Waals surface area (Å²) in [4.78, 5) is 16.2. The van der Waals surface area contributed by atoms with Crippen molar-refractivity contribution in [3.8, 4) is 0 Å². The zero-order valence-electron chi connectivity index (χ0n) is 11.6. The second-order valence-electron chi connectivity index (χ2n) is 4.65. The lowest BCUT2D eigenvalue weighted by atomic mass is 10.1. The first-order valence-electron chi connectivity index (χ1n) is 6.40. The van der Waals surface area contributed by atoms with Gasteiger partial charge in [-0.15, -0.1) is 0 Å². The molecule has 0 bridgehead atoms. The summed E-state index contributed by atoms with van der Waals surface area (Å²) >= 11 is 0. The van der Waals surface area contributed by atoms with Crippen molar-refractivity contribution in [2.45, 2.75) is 19.9 Å². The van der Waals surface area contributed by atoms with Gasteiger partial charge in [-0.25, -0.2) is 0 Å². The molecule has 1 heterocycles. The van der Waals surface area contributed by atoms with Crippen molar-refractivity contribution in [3.63, 3.8) is 0 Å². The quantitative estimate of drug-likeness (QED) is 0.587. The van der Waals surface area contributed by atoms with Crippen LogP contribution in [0.4, 0.5) is 5.69 Å². The third kappa shape index (κ3) is 3.13. The fourth-order valence-corrected chi connectivity index (χ4v) is 1.98. The van der Waals surface area contributed by atoms with Crippen LogP contribution < -0.4 is 16.6 Å². The number of hydrogen-bond donors (Lipinski definition) is 3. The largest absolute Gasteiger partial charge is 0.346 e. The number of rotatable bonds is 4. The van der Waals surface area contributed by atoms with Crippen LogP contribution >= 0.6 is 0 Å². The van der Waals surface area contributed by atoms with Gasteiger partial charge < -0.3 is 10.7 Å². The van der Waals surface area contributed by atoms with Crippen LogP contribution in [0.5, 0.6) is 0 Å². The average molecular weight is 270 g/mol. The summed E-state index contributed by atoms with van der Waals surface area (Å²) in [5.41, 5.74) is 5.96. The molecule has 20 heavy (non-hydrogen) atoms. The number of nitrogens with two attached hydrogens (primary N) is 1. The Morgan fingerprint density at radius 3 is 2.55 bits per heavy atom. The summed E-state index contributed by atoms with van der Waals surface area (Å²) in [5, 5.41) is 2.96. The fourth-order valence-electron chi connectivity index (χ4n) is 1.98. The zero-order chi connectivity index (χ0) is 14.5. The molecule has 0 aliphatic carbocycles. The number of carbonyl (C=O) groups is 1. The van der Waals surface area contributed by atoms with Crippen molar-refractivity contribution in [3.05, 3.63) is 59.4 Å². The topological polar surface area (TPSA) is 80.0 Å². The summed E-state index contributed by atoms with van der Waals surface area (Å²) < 4.78 is 0. The maximum absolute atomic E-state index is 12.2. The van der Waals surface area contributed by atoms with E-state index >= 15 is 0 Å². The zero-order valence-corrected chi connectivity index (χ0v) is 11.6. The van der Waals surface area contributed by atoms with E-state index in [0.29, 0.717) is 5.56 Å². The summed E-state index contributed by atoms with van der Waals surface area (Å²) in [6, 6.07) is 9.05. The smallest absolute Gasteiger partial charge is 0.251 e. The number of pyridine rings is 1. The lowest BCUT2D eigenvalue weighted by molar-refractivity contribution is 0.0940. The van der Waals surface area contributed by atoms with Gasteiger partial charge in [-0.1, -0.05) is 0 Å². The SMILES string of the molecule is Cc1cc(C(=O)NC(C)c2ccncc2)ccc1NN. The molecule has 0 spiro atoms. The molecule has 0 saturated carbocycles. The van der Waals surface area contributed by atoms with Crippen LogP contribution in [0.25, 0.3) is 0 Å². The van der Waals surface area contributed by atoms with E-state index in [9.17, 15) is 4.79 Å². The van der Waals surface area contributed by atoms with Gasteiger partial charge >= 0.3 is 0 Å². The maximum atomic E-state index is 12.2. The normalized spacial score (nSPS) is 11.8. The molecular formula is C15H18N4O. The molecule has 5 nitrogen and oxygen atoms in total. The number of carbonyl (C=O) groups excluding carboxylic acids is 1. The minimum Gasteiger partial charge on any atom is -0.346 e. The van der Waals surface area contributed by atoms with Crippen molar-refractivity contribution in [1.82, 2.24) is 10.3 Å². The molecule has 1 aromatic carbocycles. The lowest BCUT2D eigenvalue weighted by Gasteiger charge is -2.15. The van der Waals surface area contributed by atoms with Crippen LogP contribution in [-0.2, 0) is 0 Å². The second kappa shape index (κ2) is 6.16. The fraction of sp³-hybridized carbons (Fsp3) is 0.200. The van der Waals surface area contributed by atoms with Gasteiger partial charge in [0.05, 0.1) is 11.7 Å². The highest BCUT2D eigenvalue weighted by atomic mass is 16.1. The number of nitrogen functional groups attached to an aromatic ring is 1. The van der Waals surface area contributed by atoms with Gasteiger partial charge in [0.25, 0.3) is 5.91 Å². The Bertz CT molecular complexity index is 598. The molecule has 1 unspecified atom stereocenters. The number of aryl methyl sites for hydroxylation is 1. The molecule has 0 aliphatic heterocycles. The predicted molar refractivity (Wildman–Crippen MR) is 79.1 cm³/mol. The first kappa shape index (κ1) is 14.0. The van der Waals surface area contributed by atoms with Crippen molar-refractivity contribution >= 4 is 11.6 Å². The molecule has 5 heteroatoms. The molecule has 1 amide bonds. The Morgan fingerprint density at radius 1 is 1.25 bits per heavy atom. The van der Waals surface area contributed by atoms with Gasteiger partial charge in [-0.3, -0.25) is 15.6 Å². The number of nitrogens with one attached hydrogen (secondary N) is 2. The van der Waals surface area contributed by atoms with Gasteiger partial charge in [-0.2, -0.15) is 0 Å². The second-order valence-corrected chi connectivity index (χ2v) is 4.65. The highest BCUT2D eigenvalue weighted by Gasteiger charge is 2.12. The molecule has 2 rings (SSSR count). The van der Waals surface area contributed by atoms with Gasteiger partial charge in [0.2, 0.25) is 0 Å². The van der Waals surface area contributed by atoms with Crippen LogP contribution in [0, 0.1) is 6.92 Å². The Morgan fingerprint density at radius 2 is 1.95 bits per heavy atom. The minimum absolute atomic E-state index is 0.0712. The Labute approximate surface area is 118 Å². The third-order valence-corrected chi connectivity index (χ3v) is 3.20. The molecule has 104 valence electrons. The Balaban J connectivity index is 2.10. The number of hydrogen-bond acceptors (Lipinski definition) is 4. The lowest BCUT2D eigenvalue weighted by Crippen LogP contribution is -2.26. The van der Waals surface area contributed by atoms with E-state index in [2.05, 4.69) is 15.7 Å². The monoisotopic (exact) mass is 270 g/mol. The van der Waals surface area contributed by atoms with Crippen LogP contribution in [0.15, 0.2) is 42.7 Å². The molecule has 1 atom stereocenters. The number of amides is 1. The van der Waals surface area contributed by atoms with E-state index < -0.39 is 0 Å². The molecule has 2 aromatic rings. The van der Waals surface area contributed by atoms with Crippen molar-refractivity contribution in [2.24, 2.45) is 5.84 Å².